The van der Waals surface area contributed by atoms with Crippen molar-refractivity contribution < 1.29 is 9.72 Å². The first-order valence-corrected chi connectivity index (χ1v) is 6.71. The minimum atomic E-state index is -0.455. The average molecular weight is 277 g/mol. The van der Waals surface area contributed by atoms with E-state index in [0.717, 1.165) is 12.8 Å². The predicted octanol–water partition coefficient (Wildman–Crippen LogP) is 1.86. The Morgan fingerprint density at radius 2 is 2.20 bits per heavy atom. The fourth-order valence-corrected chi connectivity index (χ4v) is 2.67. The van der Waals surface area contributed by atoms with E-state index in [-0.39, 0.29) is 23.7 Å². The van der Waals surface area contributed by atoms with E-state index in [1.807, 2.05) is 6.92 Å². The molecular formula is C14H19N3O3. The summed E-state index contributed by atoms with van der Waals surface area (Å²) in [7, 11) is 0. The number of nitro groups is 1. The quantitative estimate of drug-likeness (QED) is 0.660. The van der Waals surface area contributed by atoms with Crippen molar-refractivity contribution >= 4 is 11.6 Å². The SMILES string of the molecule is Cc1cc([N+](=O)[O-])ccc1C(=O)N1CCC(N)CC1C. The normalized spacial score (nSPS) is 22.6. The zero-order valence-corrected chi connectivity index (χ0v) is 11.7. The zero-order valence-electron chi connectivity index (χ0n) is 11.7. The molecule has 0 spiro atoms. The van der Waals surface area contributed by atoms with E-state index in [1.165, 1.54) is 18.2 Å². The van der Waals surface area contributed by atoms with Gasteiger partial charge in [-0.3, -0.25) is 14.9 Å². The van der Waals surface area contributed by atoms with Crippen LogP contribution in [0, 0.1) is 17.0 Å². The summed E-state index contributed by atoms with van der Waals surface area (Å²) in [5.74, 6) is -0.0724. The van der Waals surface area contributed by atoms with Crippen molar-refractivity contribution in [1.82, 2.24) is 4.90 Å². The maximum Gasteiger partial charge on any atom is 0.269 e. The number of hydrogen-bond donors (Lipinski definition) is 1. The molecule has 1 aliphatic rings. The summed E-state index contributed by atoms with van der Waals surface area (Å²) in [4.78, 5) is 24.6. The fourth-order valence-electron chi connectivity index (χ4n) is 2.67. The van der Waals surface area contributed by atoms with E-state index in [0.29, 0.717) is 17.7 Å². The minimum absolute atomic E-state index is 0.00719. The number of nitrogens with zero attached hydrogens (tertiary/aromatic N) is 2. The number of aryl methyl sites for hydroxylation is 1. The van der Waals surface area contributed by atoms with Crippen LogP contribution in [0.4, 0.5) is 5.69 Å². The third kappa shape index (κ3) is 2.80. The molecule has 20 heavy (non-hydrogen) atoms. The first kappa shape index (κ1) is 14.5. The zero-order chi connectivity index (χ0) is 14.9. The molecular weight excluding hydrogens is 258 g/mol. The molecule has 1 aliphatic heterocycles. The number of amides is 1. The molecule has 2 rings (SSSR count). The Labute approximate surface area is 117 Å². The molecule has 0 aliphatic carbocycles. The number of piperidine rings is 1. The summed E-state index contributed by atoms with van der Waals surface area (Å²) in [5, 5.41) is 10.7. The standard InChI is InChI=1S/C14H19N3O3/c1-9-7-12(17(19)20)3-4-13(9)14(18)16-6-5-11(15)8-10(16)2/h3-4,7,10-11H,5-6,8,15H2,1-2H3. The van der Waals surface area contributed by atoms with Crippen molar-refractivity contribution in [1.29, 1.82) is 0 Å². The van der Waals surface area contributed by atoms with Crippen molar-refractivity contribution in [2.45, 2.75) is 38.8 Å². The van der Waals surface area contributed by atoms with Crippen LogP contribution in [0.15, 0.2) is 18.2 Å². The molecule has 1 aromatic rings. The lowest BCUT2D eigenvalue weighted by Crippen LogP contribution is -2.48. The van der Waals surface area contributed by atoms with Crippen LogP contribution < -0.4 is 5.73 Å². The highest BCUT2D eigenvalue weighted by Gasteiger charge is 2.28. The summed E-state index contributed by atoms with van der Waals surface area (Å²) < 4.78 is 0. The smallest absolute Gasteiger partial charge is 0.269 e. The van der Waals surface area contributed by atoms with Crippen LogP contribution in [0.5, 0.6) is 0 Å². The van der Waals surface area contributed by atoms with Crippen LogP contribution in [0.3, 0.4) is 0 Å². The molecule has 2 N–H and O–H groups in total. The van der Waals surface area contributed by atoms with Gasteiger partial charge in [-0.25, -0.2) is 0 Å². The Morgan fingerprint density at radius 3 is 2.75 bits per heavy atom. The molecule has 1 amide bonds. The fraction of sp³-hybridized carbons (Fsp3) is 0.500. The third-order valence-corrected chi connectivity index (χ3v) is 3.83. The summed E-state index contributed by atoms with van der Waals surface area (Å²) in [6.07, 6.45) is 1.58. The van der Waals surface area contributed by atoms with Gasteiger partial charge in [0.05, 0.1) is 4.92 Å². The van der Waals surface area contributed by atoms with Crippen LogP contribution in [0.25, 0.3) is 0 Å². The highest BCUT2D eigenvalue weighted by atomic mass is 16.6. The van der Waals surface area contributed by atoms with Crippen molar-refractivity contribution in [3.05, 3.63) is 39.4 Å². The summed E-state index contributed by atoms with van der Waals surface area (Å²) in [5.41, 5.74) is 7.06. The highest BCUT2D eigenvalue weighted by molar-refractivity contribution is 5.96. The van der Waals surface area contributed by atoms with E-state index < -0.39 is 4.92 Å². The van der Waals surface area contributed by atoms with E-state index in [4.69, 9.17) is 5.73 Å². The summed E-state index contributed by atoms with van der Waals surface area (Å²) in [6, 6.07) is 4.60. The van der Waals surface area contributed by atoms with Crippen molar-refractivity contribution in [2.75, 3.05) is 6.54 Å². The largest absolute Gasteiger partial charge is 0.336 e. The number of likely N-dealkylation sites (tertiary alicyclic amines) is 1. The molecule has 0 bridgehead atoms. The molecule has 1 heterocycles. The molecule has 6 nitrogen and oxygen atoms in total. The molecule has 2 unspecified atom stereocenters. The molecule has 0 saturated carbocycles. The van der Waals surface area contributed by atoms with Gasteiger partial charge < -0.3 is 10.6 Å². The predicted molar refractivity (Wildman–Crippen MR) is 75.5 cm³/mol. The highest BCUT2D eigenvalue weighted by Crippen LogP contribution is 2.22. The van der Waals surface area contributed by atoms with Gasteiger partial charge in [0.2, 0.25) is 0 Å². The molecule has 1 aromatic carbocycles. The maximum atomic E-state index is 12.5. The molecule has 0 radical (unpaired) electrons. The van der Waals surface area contributed by atoms with Crippen molar-refractivity contribution in [3.8, 4) is 0 Å². The van der Waals surface area contributed by atoms with Gasteiger partial charge in [0.15, 0.2) is 0 Å². The minimum Gasteiger partial charge on any atom is -0.336 e. The lowest BCUT2D eigenvalue weighted by molar-refractivity contribution is -0.384. The third-order valence-electron chi connectivity index (χ3n) is 3.83. The molecule has 0 aromatic heterocycles. The first-order valence-electron chi connectivity index (χ1n) is 6.71. The Hall–Kier alpha value is -1.95. The second-order valence-electron chi connectivity index (χ2n) is 5.39. The van der Waals surface area contributed by atoms with Crippen molar-refractivity contribution in [2.24, 2.45) is 5.73 Å². The number of benzene rings is 1. The van der Waals surface area contributed by atoms with Crippen LogP contribution >= 0.6 is 0 Å². The van der Waals surface area contributed by atoms with E-state index in [9.17, 15) is 14.9 Å². The average Bonchev–Trinajstić information content (AvgIpc) is 2.37. The number of carbonyl (C=O) groups is 1. The number of nitro benzene ring substituents is 1. The van der Waals surface area contributed by atoms with Gasteiger partial charge in [-0.1, -0.05) is 0 Å². The first-order chi connectivity index (χ1) is 9.40. The summed E-state index contributed by atoms with van der Waals surface area (Å²) in [6.45, 7) is 4.34. The Kier molecular flexibility index (Phi) is 4.04. The van der Waals surface area contributed by atoms with Crippen molar-refractivity contribution in [3.63, 3.8) is 0 Å². The number of hydrogen-bond acceptors (Lipinski definition) is 4. The molecule has 6 heteroatoms. The van der Waals surface area contributed by atoms with Crippen LogP contribution in [0.2, 0.25) is 0 Å². The van der Waals surface area contributed by atoms with Crippen LogP contribution in [-0.4, -0.2) is 34.4 Å². The van der Waals surface area contributed by atoms with Gasteiger partial charge in [0.1, 0.15) is 0 Å². The second-order valence-corrected chi connectivity index (χ2v) is 5.39. The maximum absolute atomic E-state index is 12.5. The van der Waals surface area contributed by atoms with Gasteiger partial charge in [0, 0.05) is 36.3 Å². The Bertz CT molecular complexity index is 544. The van der Waals surface area contributed by atoms with E-state index in [1.54, 1.807) is 11.8 Å². The summed E-state index contributed by atoms with van der Waals surface area (Å²) >= 11 is 0. The Balaban J connectivity index is 2.23. The van der Waals surface area contributed by atoms with E-state index >= 15 is 0 Å². The molecule has 108 valence electrons. The Morgan fingerprint density at radius 1 is 1.50 bits per heavy atom. The lowest BCUT2D eigenvalue weighted by atomic mass is 9.97. The number of rotatable bonds is 2. The topological polar surface area (TPSA) is 89.5 Å². The number of nitrogens with two attached hydrogens (primary N) is 1. The van der Waals surface area contributed by atoms with Gasteiger partial charge in [-0.15, -0.1) is 0 Å². The molecule has 1 fully saturated rings. The number of carbonyl (C=O) groups excluding carboxylic acids is 1. The van der Waals surface area contributed by atoms with Gasteiger partial charge in [-0.2, -0.15) is 0 Å². The molecule has 1 saturated heterocycles. The van der Waals surface area contributed by atoms with Crippen LogP contribution in [-0.2, 0) is 0 Å². The lowest BCUT2D eigenvalue weighted by Gasteiger charge is -2.36. The van der Waals surface area contributed by atoms with Gasteiger partial charge >= 0.3 is 0 Å². The van der Waals surface area contributed by atoms with E-state index in [2.05, 4.69) is 0 Å². The monoisotopic (exact) mass is 277 g/mol. The van der Waals surface area contributed by atoms with Crippen LogP contribution in [0.1, 0.15) is 35.7 Å². The number of non-ortho nitro benzene ring substituents is 1. The van der Waals surface area contributed by atoms with Gasteiger partial charge in [0.25, 0.3) is 11.6 Å². The second kappa shape index (κ2) is 5.58. The molecule has 2 atom stereocenters. The van der Waals surface area contributed by atoms with Gasteiger partial charge in [-0.05, 0) is 38.3 Å².